The first-order chi connectivity index (χ1) is 10.5. The zero-order valence-electron chi connectivity index (χ0n) is 12.3. The van der Waals surface area contributed by atoms with Crippen LogP contribution in [0.1, 0.15) is 27.9 Å². The van der Waals surface area contributed by atoms with Crippen LogP contribution in [0.5, 0.6) is 0 Å². The molecule has 0 aliphatic carbocycles. The van der Waals surface area contributed by atoms with Crippen molar-refractivity contribution in [1.29, 1.82) is 0 Å². The van der Waals surface area contributed by atoms with Gasteiger partial charge >= 0.3 is 0 Å². The molecule has 0 atom stereocenters. The van der Waals surface area contributed by atoms with Crippen LogP contribution in [-0.4, -0.2) is 20.1 Å². The minimum Gasteiger partial charge on any atom is -0.322 e. The molecule has 22 heavy (non-hydrogen) atoms. The standard InChI is InChI=1S/C17H17NO3S/c1-12-5-2-3-7-15(12)18-17(19)14-8-9-16-13(11-14)6-4-10-22(16,20)21/h2-3,5,7-9,11H,4,6,10H2,1H3,(H,18,19). The number of aryl methyl sites for hydroxylation is 2. The Morgan fingerprint density at radius 1 is 1.14 bits per heavy atom. The van der Waals surface area contributed by atoms with E-state index in [1.54, 1.807) is 18.2 Å². The van der Waals surface area contributed by atoms with Gasteiger partial charge < -0.3 is 5.32 Å². The van der Waals surface area contributed by atoms with E-state index in [1.807, 2.05) is 31.2 Å². The summed E-state index contributed by atoms with van der Waals surface area (Å²) in [4.78, 5) is 12.7. The highest BCUT2D eigenvalue weighted by atomic mass is 32.2. The number of rotatable bonds is 2. The van der Waals surface area contributed by atoms with Gasteiger partial charge in [-0.05, 0) is 55.2 Å². The summed E-state index contributed by atoms with van der Waals surface area (Å²) in [6.07, 6.45) is 1.30. The fourth-order valence-electron chi connectivity index (χ4n) is 2.69. The number of para-hydroxylation sites is 1. The van der Waals surface area contributed by atoms with Gasteiger partial charge in [0, 0.05) is 11.3 Å². The molecule has 0 fully saturated rings. The van der Waals surface area contributed by atoms with E-state index >= 15 is 0 Å². The van der Waals surface area contributed by atoms with Crippen molar-refractivity contribution < 1.29 is 13.2 Å². The van der Waals surface area contributed by atoms with Gasteiger partial charge in [0.1, 0.15) is 0 Å². The third-order valence-electron chi connectivity index (χ3n) is 3.91. The maximum atomic E-state index is 12.4. The lowest BCUT2D eigenvalue weighted by Gasteiger charge is -2.17. The summed E-state index contributed by atoms with van der Waals surface area (Å²) in [5, 5.41) is 2.87. The molecular formula is C17H17NO3S. The van der Waals surface area contributed by atoms with E-state index in [4.69, 9.17) is 0 Å². The Morgan fingerprint density at radius 3 is 2.68 bits per heavy atom. The van der Waals surface area contributed by atoms with Crippen molar-refractivity contribution in [2.24, 2.45) is 0 Å². The third-order valence-corrected chi connectivity index (χ3v) is 5.80. The quantitative estimate of drug-likeness (QED) is 0.926. The molecular weight excluding hydrogens is 298 g/mol. The monoisotopic (exact) mass is 315 g/mol. The van der Waals surface area contributed by atoms with Crippen LogP contribution in [0.3, 0.4) is 0 Å². The van der Waals surface area contributed by atoms with Crippen molar-refractivity contribution in [3.05, 3.63) is 59.2 Å². The normalized spacial score (nSPS) is 15.9. The maximum absolute atomic E-state index is 12.4. The van der Waals surface area contributed by atoms with E-state index < -0.39 is 9.84 Å². The largest absolute Gasteiger partial charge is 0.322 e. The van der Waals surface area contributed by atoms with Crippen LogP contribution >= 0.6 is 0 Å². The summed E-state index contributed by atoms with van der Waals surface area (Å²) < 4.78 is 24.0. The molecule has 0 spiro atoms. The molecule has 1 aliphatic heterocycles. The summed E-state index contributed by atoms with van der Waals surface area (Å²) in [7, 11) is -3.18. The Morgan fingerprint density at radius 2 is 1.91 bits per heavy atom. The molecule has 0 aromatic heterocycles. The summed E-state index contributed by atoms with van der Waals surface area (Å²) >= 11 is 0. The summed E-state index contributed by atoms with van der Waals surface area (Å²) in [5.74, 6) is -0.0329. The number of hydrogen-bond acceptors (Lipinski definition) is 3. The van der Waals surface area contributed by atoms with Crippen molar-refractivity contribution in [3.8, 4) is 0 Å². The first kappa shape index (κ1) is 14.8. The van der Waals surface area contributed by atoms with Gasteiger partial charge in [0.25, 0.3) is 5.91 Å². The number of benzene rings is 2. The van der Waals surface area contributed by atoms with Gasteiger partial charge in [0.15, 0.2) is 9.84 Å². The van der Waals surface area contributed by atoms with Crippen LogP contribution in [0.4, 0.5) is 5.69 Å². The van der Waals surface area contributed by atoms with Crippen molar-refractivity contribution in [1.82, 2.24) is 0 Å². The number of fused-ring (bicyclic) bond motifs is 1. The fraction of sp³-hybridized carbons (Fsp3) is 0.235. The lowest BCUT2D eigenvalue weighted by atomic mass is 10.1. The fourth-order valence-corrected chi connectivity index (χ4v) is 4.27. The minimum atomic E-state index is -3.18. The molecule has 0 bridgehead atoms. The topological polar surface area (TPSA) is 63.2 Å². The van der Waals surface area contributed by atoms with Crippen molar-refractivity contribution in [3.63, 3.8) is 0 Å². The molecule has 5 heteroatoms. The first-order valence-electron chi connectivity index (χ1n) is 7.20. The Labute approximate surface area is 130 Å². The first-order valence-corrected chi connectivity index (χ1v) is 8.85. The van der Waals surface area contributed by atoms with Gasteiger partial charge in [-0.15, -0.1) is 0 Å². The van der Waals surface area contributed by atoms with Gasteiger partial charge in [0.05, 0.1) is 10.6 Å². The summed E-state index contributed by atoms with van der Waals surface area (Å²) in [6, 6.07) is 12.4. The Bertz CT molecular complexity index is 841. The van der Waals surface area contributed by atoms with E-state index in [0.717, 1.165) is 16.8 Å². The Hall–Kier alpha value is -2.14. The molecule has 114 valence electrons. The molecule has 0 saturated carbocycles. The van der Waals surface area contributed by atoms with Gasteiger partial charge in [-0.2, -0.15) is 0 Å². The molecule has 1 N–H and O–H groups in total. The number of sulfone groups is 1. The van der Waals surface area contributed by atoms with E-state index in [9.17, 15) is 13.2 Å². The predicted octanol–water partition coefficient (Wildman–Crippen LogP) is 2.97. The maximum Gasteiger partial charge on any atom is 0.255 e. The van der Waals surface area contributed by atoms with Crippen LogP contribution < -0.4 is 5.32 Å². The number of carbonyl (C=O) groups is 1. The van der Waals surface area contributed by atoms with E-state index in [1.165, 1.54) is 0 Å². The van der Waals surface area contributed by atoms with Gasteiger partial charge in [-0.25, -0.2) is 8.42 Å². The number of amides is 1. The third kappa shape index (κ3) is 2.76. The Balaban J connectivity index is 1.90. The molecule has 2 aromatic rings. The summed E-state index contributed by atoms with van der Waals surface area (Å²) in [5.41, 5.74) is 2.97. The van der Waals surface area contributed by atoms with Crippen molar-refractivity contribution in [2.45, 2.75) is 24.7 Å². The number of nitrogens with one attached hydrogen (secondary N) is 1. The highest BCUT2D eigenvalue weighted by molar-refractivity contribution is 7.91. The molecule has 1 aliphatic rings. The summed E-state index contributed by atoms with van der Waals surface area (Å²) in [6.45, 7) is 1.93. The van der Waals surface area contributed by atoms with Gasteiger partial charge in [-0.3, -0.25) is 4.79 Å². The highest BCUT2D eigenvalue weighted by Gasteiger charge is 2.24. The number of anilines is 1. The molecule has 0 unspecified atom stereocenters. The predicted molar refractivity (Wildman–Crippen MR) is 85.9 cm³/mol. The molecule has 2 aromatic carbocycles. The van der Waals surface area contributed by atoms with Crippen molar-refractivity contribution >= 4 is 21.4 Å². The van der Waals surface area contributed by atoms with Crippen LogP contribution in [0, 0.1) is 6.92 Å². The lowest BCUT2D eigenvalue weighted by molar-refractivity contribution is 0.102. The van der Waals surface area contributed by atoms with Crippen LogP contribution in [0.25, 0.3) is 0 Å². The zero-order valence-corrected chi connectivity index (χ0v) is 13.1. The molecule has 0 saturated heterocycles. The average molecular weight is 315 g/mol. The SMILES string of the molecule is Cc1ccccc1NC(=O)c1ccc2c(c1)CCCS2(=O)=O. The van der Waals surface area contributed by atoms with Gasteiger partial charge in [-0.1, -0.05) is 18.2 Å². The highest BCUT2D eigenvalue weighted by Crippen LogP contribution is 2.26. The minimum absolute atomic E-state index is 0.189. The van der Waals surface area contributed by atoms with E-state index in [2.05, 4.69) is 5.32 Å². The Kier molecular flexibility index (Phi) is 3.74. The van der Waals surface area contributed by atoms with Crippen molar-refractivity contribution in [2.75, 3.05) is 11.1 Å². The molecule has 3 rings (SSSR count). The number of hydrogen-bond donors (Lipinski definition) is 1. The smallest absolute Gasteiger partial charge is 0.255 e. The van der Waals surface area contributed by atoms with E-state index in [0.29, 0.717) is 23.3 Å². The molecule has 1 amide bonds. The molecule has 0 radical (unpaired) electrons. The second-order valence-electron chi connectivity index (χ2n) is 5.51. The number of carbonyl (C=O) groups excluding carboxylic acids is 1. The zero-order chi connectivity index (χ0) is 15.7. The van der Waals surface area contributed by atoms with Crippen LogP contribution in [-0.2, 0) is 16.3 Å². The second kappa shape index (κ2) is 5.57. The van der Waals surface area contributed by atoms with Crippen LogP contribution in [0.2, 0.25) is 0 Å². The van der Waals surface area contributed by atoms with Gasteiger partial charge in [0.2, 0.25) is 0 Å². The molecule has 1 heterocycles. The lowest BCUT2D eigenvalue weighted by Crippen LogP contribution is -2.18. The molecule has 4 nitrogen and oxygen atoms in total. The average Bonchev–Trinajstić information content (AvgIpc) is 2.49. The van der Waals surface area contributed by atoms with E-state index in [-0.39, 0.29) is 11.7 Å². The van der Waals surface area contributed by atoms with Crippen LogP contribution in [0.15, 0.2) is 47.4 Å². The second-order valence-corrected chi connectivity index (χ2v) is 7.59.